The molecule has 3 rings (SSSR count). The molecule has 6 heteroatoms. The Hall–Kier alpha value is -2.99. The van der Waals surface area contributed by atoms with Gasteiger partial charge in [0.25, 0.3) is 0 Å². The number of carbonyl (C=O) groups is 2. The largest absolute Gasteiger partial charge is 0.352 e. The first-order valence-corrected chi connectivity index (χ1v) is 12.3. The molecule has 0 aliphatic rings. The summed E-state index contributed by atoms with van der Waals surface area (Å²) in [5.74, 6) is -0.718. The summed E-state index contributed by atoms with van der Waals surface area (Å²) in [4.78, 5) is 28.7. The summed E-state index contributed by atoms with van der Waals surface area (Å²) in [6, 6.07) is 22.6. The number of carbonyl (C=O) groups excluding carboxylic acids is 2. The number of nitrogens with zero attached hydrogens (tertiary/aromatic N) is 1. The van der Waals surface area contributed by atoms with E-state index in [2.05, 4.69) is 21.2 Å². The van der Waals surface area contributed by atoms with E-state index >= 15 is 0 Å². The number of hydrogen-bond donors (Lipinski definition) is 1. The summed E-state index contributed by atoms with van der Waals surface area (Å²) in [5.41, 5.74) is 2.59. The van der Waals surface area contributed by atoms with Gasteiger partial charge in [-0.05, 0) is 54.3 Å². The third-order valence-electron chi connectivity index (χ3n) is 5.78. The number of nitrogens with one attached hydrogen (secondary N) is 1. The highest BCUT2D eigenvalue weighted by molar-refractivity contribution is 9.10. The van der Waals surface area contributed by atoms with Crippen LogP contribution in [0, 0.1) is 5.82 Å². The van der Waals surface area contributed by atoms with Crippen LogP contribution < -0.4 is 5.32 Å². The third kappa shape index (κ3) is 7.52. The van der Waals surface area contributed by atoms with E-state index in [-0.39, 0.29) is 36.6 Å². The SMILES string of the molecule is CC[C@@H](C)NC(=O)[C@H](Cc1ccccc1)N(Cc1cccc(Br)c1)C(=O)Cc1ccc(F)cc1. The van der Waals surface area contributed by atoms with E-state index in [1.807, 2.05) is 68.4 Å². The number of hydrogen-bond acceptors (Lipinski definition) is 2. The van der Waals surface area contributed by atoms with Crippen molar-refractivity contribution in [1.82, 2.24) is 10.2 Å². The second kappa shape index (κ2) is 12.5. The van der Waals surface area contributed by atoms with E-state index in [1.165, 1.54) is 12.1 Å². The lowest BCUT2D eigenvalue weighted by Gasteiger charge is -2.32. The van der Waals surface area contributed by atoms with Gasteiger partial charge in [0, 0.05) is 23.5 Å². The van der Waals surface area contributed by atoms with Crippen LogP contribution in [0.1, 0.15) is 37.0 Å². The molecule has 0 saturated heterocycles. The van der Waals surface area contributed by atoms with Gasteiger partial charge in [0.05, 0.1) is 6.42 Å². The first kappa shape index (κ1) is 25.6. The summed E-state index contributed by atoms with van der Waals surface area (Å²) < 4.78 is 14.3. The summed E-state index contributed by atoms with van der Waals surface area (Å²) in [7, 11) is 0. The van der Waals surface area contributed by atoms with Gasteiger partial charge in [0.2, 0.25) is 11.8 Å². The minimum atomic E-state index is -0.691. The van der Waals surface area contributed by atoms with Crippen LogP contribution in [0.3, 0.4) is 0 Å². The van der Waals surface area contributed by atoms with Gasteiger partial charge in [-0.25, -0.2) is 4.39 Å². The van der Waals surface area contributed by atoms with Crippen molar-refractivity contribution in [2.24, 2.45) is 0 Å². The molecule has 0 aliphatic heterocycles. The van der Waals surface area contributed by atoms with Crippen LogP contribution in [0.4, 0.5) is 4.39 Å². The van der Waals surface area contributed by atoms with Crippen molar-refractivity contribution in [3.63, 3.8) is 0 Å². The van der Waals surface area contributed by atoms with E-state index in [1.54, 1.807) is 17.0 Å². The molecule has 3 aromatic carbocycles. The lowest BCUT2D eigenvalue weighted by atomic mass is 10.0. The fraction of sp³-hybridized carbons (Fsp3) is 0.286. The fourth-order valence-corrected chi connectivity index (χ4v) is 4.15. The van der Waals surface area contributed by atoms with Gasteiger partial charge >= 0.3 is 0 Å². The average molecular weight is 525 g/mol. The van der Waals surface area contributed by atoms with Crippen molar-refractivity contribution in [2.75, 3.05) is 0 Å². The number of rotatable bonds is 10. The molecule has 0 spiro atoms. The fourth-order valence-electron chi connectivity index (χ4n) is 3.71. The Balaban J connectivity index is 1.96. The van der Waals surface area contributed by atoms with Crippen LogP contribution in [-0.4, -0.2) is 28.8 Å². The molecule has 2 atom stereocenters. The molecule has 0 aromatic heterocycles. The van der Waals surface area contributed by atoms with Crippen LogP contribution in [0.25, 0.3) is 0 Å². The van der Waals surface area contributed by atoms with Gasteiger partial charge in [-0.3, -0.25) is 9.59 Å². The Labute approximate surface area is 209 Å². The first-order chi connectivity index (χ1) is 16.4. The second-order valence-corrected chi connectivity index (χ2v) is 9.39. The maximum atomic E-state index is 13.6. The minimum Gasteiger partial charge on any atom is -0.352 e. The van der Waals surface area contributed by atoms with Crippen LogP contribution in [-0.2, 0) is 29.0 Å². The topological polar surface area (TPSA) is 49.4 Å². The summed E-state index contributed by atoms with van der Waals surface area (Å²) in [5, 5.41) is 3.06. The standard InChI is InChI=1S/C28H30BrFN2O2/c1-3-20(2)31-28(34)26(17-21-8-5-4-6-9-21)32(19-23-10-7-11-24(29)16-23)27(33)18-22-12-14-25(30)15-13-22/h4-16,20,26H,3,17-19H2,1-2H3,(H,31,34)/t20-,26+/m1/s1. The van der Waals surface area contributed by atoms with E-state index in [4.69, 9.17) is 0 Å². The molecule has 34 heavy (non-hydrogen) atoms. The highest BCUT2D eigenvalue weighted by atomic mass is 79.9. The van der Waals surface area contributed by atoms with E-state index in [0.29, 0.717) is 12.0 Å². The van der Waals surface area contributed by atoms with E-state index in [9.17, 15) is 14.0 Å². The zero-order valence-corrected chi connectivity index (χ0v) is 21.1. The molecule has 4 nitrogen and oxygen atoms in total. The van der Waals surface area contributed by atoms with Gasteiger partial charge < -0.3 is 10.2 Å². The van der Waals surface area contributed by atoms with Crippen molar-refractivity contribution in [3.8, 4) is 0 Å². The van der Waals surface area contributed by atoms with Crippen LogP contribution >= 0.6 is 15.9 Å². The molecule has 178 valence electrons. The molecule has 2 amide bonds. The Morgan fingerprint density at radius 3 is 2.26 bits per heavy atom. The summed E-state index contributed by atoms with van der Waals surface area (Å²) in [6.07, 6.45) is 1.27. The molecule has 0 radical (unpaired) electrons. The van der Waals surface area contributed by atoms with Crippen molar-refractivity contribution < 1.29 is 14.0 Å². The molecular formula is C28H30BrFN2O2. The Bertz CT molecular complexity index is 1090. The monoisotopic (exact) mass is 524 g/mol. The van der Waals surface area contributed by atoms with E-state index in [0.717, 1.165) is 22.0 Å². The lowest BCUT2D eigenvalue weighted by molar-refractivity contribution is -0.141. The van der Waals surface area contributed by atoms with Crippen molar-refractivity contribution in [1.29, 1.82) is 0 Å². The van der Waals surface area contributed by atoms with Crippen molar-refractivity contribution in [2.45, 2.75) is 51.7 Å². The van der Waals surface area contributed by atoms with Gasteiger partial charge in [-0.2, -0.15) is 0 Å². The van der Waals surface area contributed by atoms with Gasteiger partial charge in [0.1, 0.15) is 11.9 Å². The molecule has 0 unspecified atom stereocenters. The zero-order valence-electron chi connectivity index (χ0n) is 19.5. The van der Waals surface area contributed by atoms with Crippen LogP contribution in [0.15, 0.2) is 83.3 Å². The van der Waals surface area contributed by atoms with Crippen molar-refractivity contribution >= 4 is 27.7 Å². The third-order valence-corrected chi connectivity index (χ3v) is 6.28. The quantitative estimate of drug-likeness (QED) is 0.370. The molecule has 3 aromatic rings. The Morgan fingerprint density at radius 1 is 0.941 bits per heavy atom. The number of amides is 2. The smallest absolute Gasteiger partial charge is 0.243 e. The predicted octanol–water partition coefficient (Wildman–Crippen LogP) is 5.69. The van der Waals surface area contributed by atoms with Gasteiger partial charge in [0.15, 0.2) is 0 Å². The predicted molar refractivity (Wildman–Crippen MR) is 137 cm³/mol. The van der Waals surface area contributed by atoms with Gasteiger partial charge in [-0.1, -0.05) is 77.5 Å². The molecule has 0 aliphatic carbocycles. The number of benzene rings is 3. The maximum absolute atomic E-state index is 13.6. The Kier molecular flexibility index (Phi) is 9.40. The van der Waals surface area contributed by atoms with Crippen LogP contribution in [0.2, 0.25) is 0 Å². The second-order valence-electron chi connectivity index (χ2n) is 8.48. The Morgan fingerprint density at radius 2 is 1.62 bits per heavy atom. The highest BCUT2D eigenvalue weighted by Gasteiger charge is 2.31. The highest BCUT2D eigenvalue weighted by Crippen LogP contribution is 2.19. The van der Waals surface area contributed by atoms with Gasteiger partial charge in [-0.15, -0.1) is 0 Å². The number of halogens is 2. The average Bonchev–Trinajstić information content (AvgIpc) is 2.83. The van der Waals surface area contributed by atoms with E-state index < -0.39 is 6.04 Å². The summed E-state index contributed by atoms with van der Waals surface area (Å²) in [6.45, 7) is 4.25. The molecular weight excluding hydrogens is 495 g/mol. The van der Waals surface area contributed by atoms with Crippen LogP contribution in [0.5, 0.6) is 0 Å². The maximum Gasteiger partial charge on any atom is 0.243 e. The normalized spacial score (nSPS) is 12.6. The zero-order chi connectivity index (χ0) is 24.5. The molecule has 0 heterocycles. The van der Waals surface area contributed by atoms with Crippen molar-refractivity contribution in [3.05, 3.63) is 106 Å². The summed E-state index contributed by atoms with van der Waals surface area (Å²) >= 11 is 3.49. The minimum absolute atomic E-state index is 0.00862. The molecule has 0 bridgehead atoms. The molecule has 0 fully saturated rings. The first-order valence-electron chi connectivity index (χ1n) is 11.5. The lowest BCUT2D eigenvalue weighted by Crippen LogP contribution is -2.52. The molecule has 0 saturated carbocycles. The molecule has 1 N–H and O–H groups in total.